The van der Waals surface area contributed by atoms with E-state index < -0.39 is 0 Å². The molecule has 6 heteroatoms. The Morgan fingerprint density at radius 3 is 2.33 bits per heavy atom. The number of methoxy groups -OCH3 is 1. The van der Waals surface area contributed by atoms with E-state index in [0.29, 0.717) is 18.8 Å². The minimum atomic E-state index is 0.0290. The summed E-state index contributed by atoms with van der Waals surface area (Å²) in [5.74, 6) is 2.22. The zero-order valence-corrected chi connectivity index (χ0v) is 15.6. The predicted octanol–water partition coefficient (Wildman–Crippen LogP) is 3.05. The lowest BCUT2D eigenvalue weighted by Gasteiger charge is -2.23. The normalized spacial score (nSPS) is 14.0. The zero-order chi connectivity index (χ0) is 18.8. The molecule has 0 aliphatic carbocycles. The Bertz CT molecular complexity index is 972. The van der Waals surface area contributed by atoms with Gasteiger partial charge in [-0.2, -0.15) is 0 Å². The van der Waals surface area contributed by atoms with Gasteiger partial charge >= 0.3 is 0 Å². The van der Waals surface area contributed by atoms with Crippen molar-refractivity contribution in [2.75, 3.05) is 37.0 Å². The fraction of sp³-hybridized carbons (Fsp3) is 0.286. The summed E-state index contributed by atoms with van der Waals surface area (Å²) in [6.07, 6.45) is 1.20. The molecule has 0 bridgehead atoms. The van der Waals surface area contributed by atoms with Gasteiger partial charge in [-0.15, -0.1) is 0 Å². The minimum Gasteiger partial charge on any atom is -0.497 e. The van der Waals surface area contributed by atoms with Crippen molar-refractivity contribution >= 4 is 28.6 Å². The highest BCUT2D eigenvalue weighted by Crippen LogP contribution is 2.30. The number of aromatic nitrogens is 2. The van der Waals surface area contributed by atoms with Crippen molar-refractivity contribution in [1.29, 1.82) is 0 Å². The third-order valence-electron chi connectivity index (χ3n) is 4.84. The Morgan fingerprint density at radius 2 is 1.67 bits per heavy atom. The molecule has 2 heterocycles. The summed E-state index contributed by atoms with van der Waals surface area (Å²) in [7, 11) is 3.63. The maximum Gasteiger partial charge on any atom is 0.232 e. The van der Waals surface area contributed by atoms with Crippen molar-refractivity contribution < 1.29 is 9.53 Å². The Hall–Kier alpha value is -3.15. The molecule has 3 aromatic rings. The van der Waals surface area contributed by atoms with Crippen LogP contribution in [0, 0.1) is 0 Å². The maximum atomic E-state index is 13.1. The average Bonchev–Trinajstić information content (AvgIpc) is 2.86. The van der Waals surface area contributed by atoms with E-state index in [9.17, 15) is 4.79 Å². The first-order valence-electron chi connectivity index (χ1n) is 9.07. The van der Waals surface area contributed by atoms with Crippen LogP contribution in [0.3, 0.4) is 0 Å². The van der Waals surface area contributed by atoms with Crippen LogP contribution < -0.4 is 14.5 Å². The van der Waals surface area contributed by atoms with Gasteiger partial charge in [-0.3, -0.25) is 9.69 Å². The number of nitrogens with zero attached hydrogens (tertiary/aromatic N) is 4. The molecule has 0 unspecified atom stereocenters. The second-order valence-corrected chi connectivity index (χ2v) is 6.70. The standard InChI is InChI=1S/C21H22N4O2/c1-24-12-5-13-25(19(26)14-15-8-10-16(27-2)11-9-15)21-20(24)22-17-6-3-4-7-18(17)23-21/h3-4,6-11H,5,12-14H2,1-2H3. The molecule has 138 valence electrons. The molecule has 1 aliphatic heterocycles. The van der Waals surface area contributed by atoms with Crippen LogP contribution in [0.2, 0.25) is 0 Å². The molecule has 0 atom stereocenters. The van der Waals surface area contributed by atoms with Gasteiger partial charge < -0.3 is 9.64 Å². The smallest absolute Gasteiger partial charge is 0.232 e. The molecule has 0 saturated heterocycles. The zero-order valence-electron chi connectivity index (χ0n) is 15.6. The van der Waals surface area contributed by atoms with E-state index in [4.69, 9.17) is 14.7 Å². The van der Waals surface area contributed by atoms with Gasteiger partial charge in [0.15, 0.2) is 11.6 Å². The first-order chi connectivity index (χ1) is 13.2. The fourth-order valence-electron chi connectivity index (χ4n) is 3.35. The van der Waals surface area contributed by atoms with Gasteiger partial charge in [-0.25, -0.2) is 9.97 Å². The topological polar surface area (TPSA) is 58.6 Å². The average molecular weight is 362 g/mol. The molecular formula is C21H22N4O2. The number of para-hydroxylation sites is 2. The lowest BCUT2D eigenvalue weighted by molar-refractivity contribution is -0.118. The van der Waals surface area contributed by atoms with Crippen molar-refractivity contribution in [3.05, 3.63) is 54.1 Å². The van der Waals surface area contributed by atoms with Gasteiger partial charge in [-0.05, 0) is 36.2 Å². The number of hydrogen-bond donors (Lipinski definition) is 0. The molecule has 6 nitrogen and oxygen atoms in total. The number of amides is 1. The molecule has 4 rings (SSSR count). The Morgan fingerprint density at radius 1 is 1.00 bits per heavy atom. The number of carbonyl (C=O) groups is 1. The summed E-state index contributed by atoms with van der Waals surface area (Å²) in [5, 5.41) is 0. The lowest BCUT2D eigenvalue weighted by atomic mass is 10.1. The second kappa shape index (κ2) is 7.23. The summed E-state index contributed by atoms with van der Waals surface area (Å²) < 4.78 is 5.19. The number of benzene rings is 2. The molecule has 0 N–H and O–H groups in total. The molecule has 27 heavy (non-hydrogen) atoms. The first-order valence-corrected chi connectivity index (χ1v) is 9.07. The van der Waals surface area contributed by atoms with Crippen LogP contribution in [0.25, 0.3) is 11.0 Å². The van der Waals surface area contributed by atoms with E-state index in [1.807, 2.05) is 55.6 Å². The maximum absolute atomic E-state index is 13.1. The van der Waals surface area contributed by atoms with E-state index in [1.54, 1.807) is 12.0 Å². The first kappa shape index (κ1) is 17.3. The van der Waals surface area contributed by atoms with Crippen LogP contribution in [0.1, 0.15) is 12.0 Å². The van der Waals surface area contributed by atoms with Gasteiger partial charge in [0.2, 0.25) is 5.91 Å². The van der Waals surface area contributed by atoms with Gasteiger partial charge in [0.05, 0.1) is 24.6 Å². The summed E-state index contributed by atoms with van der Waals surface area (Å²) in [6.45, 7) is 1.48. The van der Waals surface area contributed by atoms with Crippen molar-refractivity contribution in [3.8, 4) is 5.75 Å². The Labute approximate surface area is 158 Å². The largest absolute Gasteiger partial charge is 0.497 e. The minimum absolute atomic E-state index is 0.0290. The lowest BCUT2D eigenvalue weighted by Crippen LogP contribution is -2.33. The molecule has 0 spiro atoms. The highest BCUT2D eigenvalue weighted by Gasteiger charge is 2.26. The van der Waals surface area contributed by atoms with E-state index in [2.05, 4.69) is 4.90 Å². The third kappa shape index (κ3) is 3.43. The molecule has 1 aromatic heterocycles. The van der Waals surface area contributed by atoms with Crippen LogP contribution in [0.15, 0.2) is 48.5 Å². The van der Waals surface area contributed by atoms with E-state index in [0.717, 1.165) is 41.1 Å². The molecule has 1 aliphatic rings. The highest BCUT2D eigenvalue weighted by molar-refractivity contribution is 5.97. The number of ether oxygens (including phenoxy) is 1. The van der Waals surface area contributed by atoms with Gasteiger partial charge in [0, 0.05) is 20.1 Å². The molecule has 1 amide bonds. The number of rotatable bonds is 3. The Balaban J connectivity index is 1.68. The van der Waals surface area contributed by atoms with E-state index in [1.165, 1.54) is 0 Å². The SMILES string of the molecule is COc1ccc(CC(=O)N2CCCN(C)c3nc4ccccc4nc32)cc1. The van der Waals surface area contributed by atoms with Crippen molar-refractivity contribution in [3.63, 3.8) is 0 Å². The molecular weight excluding hydrogens is 340 g/mol. The number of carbonyl (C=O) groups excluding carboxylic acids is 1. The van der Waals surface area contributed by atoms with Gasteiger partial charge in [0.25, 0.3) is 0 Å². The van der Waals surface area contributed by atoms with Crippen LogP contribution in [-0.2, 0) is 11.2 Å². The summed E-state index contributed by atoms with van der Waals surface area (Å²) in [4.78, 5) is 26.5. The van der Waals surface area contributed by atoms with Crippen LogP contribution in [-0.4, -0.2) is 43.1 Å². The monoisotopic (exact) mass is 362 g/mol. The fourth-order valence-corrected chi connectivity index (χ4v) is 3.35. The number of hydrogen-bond acceptors (Lipinski definition) is 5. The summed E-state index contributed by atoms with van der Waals surface area (Å²) in [6, 6.07) is 15.4. The van der Waals surface area contributed by atoms with Crippen molar-refractivity contribution in [2.45, 2.75) is 12.8 Å². The van der Waals surface area contributed by atoms with Gasteiger partial charge in [0.1, 0.15) is 5.75 Å². The van der Waals surface area contributed by atoms with E-state index in [-0.39, 0.29) is 5.91 Å². The Kier molecular flexibility index (Phi) is 4.62. The molecule has 0 radical (unpaired) electrons. The number of fused-ring (bicyclic) bond motifs is 2. The van der Waals surface area contributed by atoms with Gasteiger partial charge in [-0.1, -0.05) is 24.3 Å². The number of anilines is 2. The van der Waals surface area contributed by atoms with Crippen LogP contribution in [0.4, 0.5) is 11.6 Å². The molecule has 2 aromatic carbocycles. The van der Waals surface area contributed by atoms with Crippen LogP contribution in [0.5, 0.6) is 5.75 Å². The second-order valence-electron chi connectivity index (χ2n) is 6.70. The molecule has 0 saturated carbocycles. The third-order valence-corrected chi connectivity index (χ3v) is 4.84. The molecule has 0 fully saturated rings. The van der Waals surface area contributed by atoms with Crippen molar-refractivity contribution in [2.24, 2.45) is 0 Å². The van der Waals surface area contributed by atoms with E-state index >= 15 is 0 Å². The highest BCUT2D eigenvalue weighted by atomic mass is 16.5. The predicted molar refractivity (Wildman–Crippen MR) is 106 cm³/mol. The summed E-state index contributed by atoms with van der Waals surface area (Å²) in [5.41, 5.74) is 2.59. The van der Waals surface area contributed by atoms with Crippen molar-refractivity contribution in [1.82, 2.24) is 9.97 Å². The van der Waals surface area contributed by atoms with Crippen LogP contribution >= 0.6 is 0 Å². The quantitative estimate of drug-likeness (QED) is 0.717. The summed E-state index contributed by atoms with van der Waals surface area (Å²) >= 11 is 0.